The van der Waals surface area contributed by atoms with E-state index in [2.05, 4.69) is 6.92 Å². The van der Waals surface area contributed by atoms with Gasteiger partial charge in [-0.3, -0.25) is 9.36 Å². The molecule has 0 spiro atoms. The molecule has 0 aromatic heterocycles. The molecule has 0 heterocycles. The van der Waals surface area contributed by atoms with Crippen LogP contribution in [-0.2, 0) is 9.36 Å². The Bertz CT molecular complexity index is 792. The molecule has 32 heavy (non-hydrogen) atoms. The smallest absolute Gasteiger partial charge is 0.311 e. The Morgan fingerprint density at radius 1 is 0.688 bits per heavy atom. The summed E-state index contributed by atoms with van der Waals surface area (Å²) in [5, 5.41) is 0. The van der Waals surface area contributed by atoms with Crippen molar-refractivity contribution in [3.05, 3.63) is 60.7 Å². The van der Waals surface area contributed by atoms with E-state index in [1.54, 1.807) is 12.1 Å². The van der Waals surface area contributed by atoms with E-state index in [9.17, 15) is 9.36 Å². The zero-order valence-electron chi connectivity index (χ0n) is 19.5. The molecule has 0 aliphatic rings. The van der Waals surface area contributed by atoms with Gasteiger partial charge in [-0.2, -0.15) is 0 Å². The standard InChI is InChI=1S/C27H39O4P/c1-2-3-4-5-6-7-8-9-10-17-23-32(29,31-26-20-15-12-16-21-26)24-22-27(28)30-25-18-13-11-14-19-25/h11-16,18-21H,2-10,17,22-24H2,1H3. The van der Waals surface area contributed by atoms with Gasteiger partial charge in [-0.15, -0.1) is 0 Å². The largest absolute Gasteiger partial charge is 0.443 e. The number of unbranched alkanes of at least 4 members (excludes halogenated alkanes) is 9. The van der Waals surface area contributed by atoms with E-state index in [-0.39, 0.29) is 18.6 Å². The molecule has 0 fully saturated rings. The number of rotatable bonds is 17. The fourth-order valence-corrected chi connectivity index (χ4v) is 5.79. The number of hydrogen-bond acceptors (Lipinski definition) is 4. The maximum Gasteiger partial charge on any atom is 0.311 e. The van der Waals surface area contributed by atoms with Crippen LogP contribution in [0.15, 0.2) is 60.7 Å². The van der Waals surface area contributed by atoms with Crippen LogP contribution in [0.5, 0.6) is 11.5 Å². The molecule has 0 N–H and O–H groups in total. The van der Waals surface area contributed by atoms with Gasteiger partial charge >= 0.3 is 5.97 Å². The van der Waals surface area contributed by atoms with Crippen LogP contribution in [-0.4, -0.2) is 18.3 Å². The Balaban J connectivity index is 1.76. The third-order valence-corrected chi connectivity index (χ3v) is 7.94. The monoisotopic (exact) mass is 458 g/mol. The number of hydrogen-bond donors (Lipinski definition) is 0. The molecule has 0 aliphatic carbocycles. The van der Waals surface area contributed by atoms with Crippen molar-refractivity contribution in [2.24, 2.45) is 0 Å². The van der Waals surface area contributed by atoms with Gasteiger partial charge in [-0.25, -0.2) is 0 Å². The summed E-state index contributed by atoms with van der Waals surface area (Å²) in [6.45, 7) is 2.24. The maximum atomic E-state index is 13.5. The van der Waals surface area contributed by atoms with Crippen molar-refractivity contribution in [3.63, 3.8) is 0 Å². The first-order chi connectivity index (χ1) is 15.6. The highest BCUT2D eigenvalue weighted by molar-refractivity contribution is 7.59. The van der Waals surface area contributed by atoms with Crippen LogP contribution in [0.4, 0.5) is 0 Å². The minimum Gasteiger partial charge on any atom is -0.443 e. The molecule has 2 rings (SSSR count). The quantitative estimate of drug-likeness (QED) is 0.104. The molecule has 4 nitrogen and oxygen atoms in total. The van der Waals surface area contributed by atoms with E-state index in [0.717, 1.165) is 19.3 Å². The fourth-order valence-electron chi connectivity index (χ4n) is 3.65. The summed E-state index contributed by atoms with van der Waals surface area (Å²) in [5.41, 5.74) is 0. The number of ether oxygens (including phenoxy) is 1. The van der Waals surface area contributed by atoms with E-state index in [1.165, 1.54) is 44.9 Å². The van der Waals surface area contributed by atoms with Crippen LogP contribution in [0.25, 0.3) is 0 Å². The highest BCUT2D eigenvalue weighted by Crippen LogP contribution is 2.48. The minimum atomic E-state index is -2.97. The molecule has 0 radical (unpaired) electrons. The topological polar surface area (TPSA) is 52.6 Å². The molecule has 0 amide bonds. The summed E-state index contributed by atoms with van der Waals surface area (Å²) in [6, 6.07) is 18.2. The van der Waals surface area contributed by atoms with Gasteiger partial charge in [-0.05, 0) is 30.7 Å². The van der Waals surface area contributed by atoms with Crippen LogP contribution in [0.3, 0.4) is 0 Å². The Morgan fingerprint density at radius 3 is 1.75 bits per heavy atom. The number of carbonyl (C=O) groups excluding carboxylic acids is 1. The number of carbonyl (C=O) groups is 1. The Morgan fingerprint density at radius 2 is 1.19 bits per heavy atom. The van der Waals surface area contributed by atoms with Crippen molar-refractivity contribution < 1.29 is 18.6 Å². The van der Waals surface area contributed by atoms with Crippen molar-refractivity contribution in [2.75, 3.05) is 12.3 Å². The van der Waals surface area contributed by atoms with Crippen LogP contribution >= 0.6 is 7.37 Å². The van der Waals surface area contributed by atoms with Gasteiger partial charge in [0.25, 0.3) is 0 Å². The first-order valence-electron chi connectivity index (χ1n) is 12.2. The van der Waals surface area contributed by atoms with Crippen molar-refractivity contribution in [2.45, 2.75) is 77.6 Å². The second kappa shape index (κ2) is 15.7. The molecule has 5 heteroatoms. The summed E-state index contributed by atoms with van der Waals surface area (Å²) in [5.74, 6) is 0.724. The molecular weight excluding hydrogens is 419 g/mol. The average molecular weight is 459 g/mol. The van der Waals surface area contributed by atoms with E-state index in [0.29, 0.717) is 17.7 Å². The summed E-state index contributed by atoms with van der Waals surface area (Å²) < 4.78 is 24.8. The highest BCUT2D eigenvalue weighted by Gasteiger charge is 2.26. The predicted octanol–water partition coefficient (Wildman–Crippen LogP) is 8.26. The lowest BCUT2D eigenvalue weighted by molar-refractivity contribution is -0.133. The maximum absolute atomic E-state index is 13.5. The second-order valence-electron chi connectivity index (χ2n) is 8.39. The fraction of sp³-hybridized carbons (Fsp3) is 0.519. The molecule has 1 atom stereocenters. The Hall–Kier alpha value is -2.06. The van der Waals surface area contributed by atoms with Gasteiger partial charge in [-0.1, -0.05) is 101 Å². The molecular formula is C27H39O4P. The van der Waals surface area contributed by atoms with Crippen molar-refractivity contribution in [1.82, 2.24) is 0 Å². The lowest BCUT2D eigenvalue weighted by Crippen LogP contribution is -2.12. The first-order valence-corrected chi connectivity index (χ1v) is 14.2. The molecule has 0 aliphatic heterocycles. The number of esters is 1. The van der Waals surface area contributed by atoms with Crippen LogP contribution in [0, 0.1) is 0 Å². The van der Waals surface area contributed by atoms with Crippen molar-refractivity contribution in [1.29, 1.82) is 0 Å². The zero-order valence-corrected chi connectivity index (χ0v) is 20.4. The van der Waals surface area contributed by atoms with E-state index < -0.39 is 7.37 Å². The summed E-state index contributed by atoms with van der Waals surface area (Å²) >= 11 is 0. The van der Waals surface area contributed by atoms with Gasteiger partial charge in [0, 0.05) is 12.3 Å². The lowest BCUT2D eigenvalue weighted by Gasteiger charge is -2.19. The third kappa shape index (κ3) is 11.5. The molecule has 1 unspecified atom stereocenters. The molecule has 2 aromatic carbocycles. The number of benzene rings is 2. The minimum absolute atomic E-state index is 0.0801. The van der Waals surface area contributed by atoms with E-state index in [4.69, 9.17) is 9.26 Å². The van der Waals surface area contributed by atoms with Gasteiger partial charge in [0.05, 0.1) is 6.42 Å². The molecule has 176 valence electrons. The molecule has 0 bridgehead atoms. The van der Waals surface area contributed by atoms with E-state index >= 15 is 0 Å². The summed E-state index contributed by atoms with van der Waals surface area (Å²) in [4.78, 5) is 12.3. The number of para-hydroxylation sites is 2. The van der Waals surface area contributed by atoms with Crippen molar-refractivity contribution >= 4 is 13.3 Å². The lowest BCUT2D eigenvalue weighted by atomic mass is 10.1. The van der Waals surface area contributed by atoms with Gasteiger partial charge in [0.1, 0.15) is 11.5 Å². The predicted molar refractivity (Wildman–Crippen MR) is 133 cm³/mol. The summed E-state index contributed by atoms with van der Waals surface area (Å²) in [7, 11) is -2.97. The molecule has 2 aromatic rings. The highest BCUT2D eigenvalue weighted by atomic mass is 31.2. The molecule has 0 saturated heterocycles. The van der Waals surface area contributed by atoms with Gasteiger partial charge < -0.3 is 9.26 Å². The van der Waals surface area contributed by atoms with Crippen LogP contribution in [0.2, 0.25) is 0 Å². The average Bonchev–Trinajstić information content (AvgIpc) is 2.80. The van der Waals surface area contributed by atoms with E-state index in [1.807, 2.05) is 48.5 Å². The Kier molecular flexibility index (Phi) is 12.8. The van der Waals surface area contributed by atoms with Gasteiger partial charge in [0.2, 0.25) is 7.37 Å². The van der Waals surface area contributed by atoms with Crippen LogP contribution < -0.4 is 9.26 Å². The summed E-state index contributed by atoms with van der Waals surface area (Å²) in [6.07, 6.45) is 13.0. The third-order valence-electron chi connectivity index (χ3n) is 5.50. The zero-order chi connectivity index (χ0) is 22.9. The van der Waals surface area contributed by atoms with Gasteiger partial charge in [0.15, 0.2) is 0 Å². The second-order valence-corrected chi connectivity index (χ2v) is 11.1. The normalized spacial score (nSPS) is 12.8. The first kappa shape index (κ1) is 26.2. The SMILES string of the molecule is CCCCCCCCCCCCP(=O)(CCC(=O)Oc1ccccc1)Oc1ccccc1. The van der Waals surface area contributed by atoms with Crippen LogP contribution in [0.1, 0.15) is 77.6 Å². The molecule has 0 saturated carbocycles. The van der Waals surface area contributed by atoms with Crippen molar-refractivity contribution in [3.8, 4) is 11.5 Å². The Labute approximate surface area is 194 Å².